The summed E-state index contributed by atoms with van der Waals surface area (Å²) >= 11 is 0. The molecule has 170 valence electrons. The van der Waals surface area contributed by atoms with E-state index in [9.17, 15) is 9.59 Å². The molecule has 1 aliphatic carbocycles. The van der Waals surface area contributed by atoms with Crippen LogP contribution in [0.1, 0.15) is 63.1 Å². The quantitative estimate of drug-likeness (QED) is 0.439. The van der Waals surface area contributed by atoms with Gasteiger partial charge >= 0.3 is 0 Å². The summed E-state index contributed by atoms with van der Waals surface area (Å²) in [5.74, 6) is 0.718. The third-order valence-corrected chi connectivity index (χ3v) is 7.66. The van der Waals surface area contributed by atoms with E-state index in [2.05, 4.69) is 67.3 Å². The highest BCUT2D eigenvalue weighted by Crippen LogP contribution is 2.48. The minimum atomic E-state index is -0.940. The van der Waals surface area contributed by atoms with Gasteiger partial charge in [-0.1, -0.05) is 82.3 Å². The summed E-state index contributed by atoms with van der Waals surface area (Å²) in [6.07, 6.45) is 1.45. The van der Waals surface area contributed by atoms with Crippen molar-refractivity contribution in [2.45, 2.75) is 59.4 Å². The van der Waals surface area contributed by atoms with Crippen molar-refractivity contribution in [3.8, 4) is 0 Å². The van der Waals surface area contributed by atoms with Gasteiger partial charge in [0.15, 0.2) is 0 Å². The number of nitrogens with zero attached hydrogens (tertiary/aromatic N) is 1. The van der Waals surface area contributed by atoms with Gasteiger partial charge in [-0.3, -0.25) is 9.59 Å². The van der Waals surface area contributed by atoms with Crippen LogP contribution in [0.3, 0.4) is 0 Å². The van der Waals surface area contributed by atoms with E-state index in [0.29, 0.717) is 38.3 Å². The fourth-order valence-electron chi connectivity index (χ4n) is 5.74. The van der Waals surface area contributed by atoms with E-state index in [0.717, 1.165) is 22.0 Å². The second kappa shape index (κ2) is 7.83. The lowest BCUT2D eigenvalue weighted by atomic mass is 9.59. The van der Waals surface area contributed by atoms with E-state index < -0.39 is 5.41 Å². The van der Waals surface area contributed by atoms with E-state index in [-0.39, 0.29) is 17.0 Å². The van der Waals surface area contributed by atoms with E-state index in [1.54, 1.807) is 0 Å². The maximum absolute atomic E-state index is 13.6. The minimum Gasteiger partial charge on any atom is -0.365 e. The maximum atomic E-state index is 13.6. The largest absolute Gasteiger partial charge is 0.365 e. The van der Waals surface area contributed by atoms with Crippen LogP contribution in [0.5, 0.6) is 0 Å². The number of Topliss-reactive ketones (excluding diaryl/α,β-unsaturated/α-hetero) is 2. The lowest BCUT2D eigenvalue weighted by molar-refractivity contribution is -0.147. The minimum absolute atomic E-state index is 0.113. The molecule has 1 spiro atoms. The van der Waals surface area contributed by atoms with Crippen molar-refractivity contribution >= 4 is 28.0 Å². The Morgan fingerprint density at radius 1 is 0.848 bits per heavy atom. The van der Waals surface area contributed by atoms with Crippen molar-refractivity contribution in [2.24, 2.45) is 10.8 Å². The number of rotatable bonds is 3. The average molecular weight is 440 g/mol. The van der Waals surface area contributed by atoms with Gasteiger partial charge in [-0.2, -0.15) is 0 Å². The van der Waals surface area contributed by atoms with Crippen LogP contribution in [0.25, 0.3) is 10.8 Å². The summed E-state index contributed by atoms with van der Waals surface area (Å²) in [5, 5.41) is 2.31. The van der Waals surface area contributed by atoms with Gasteiger partial charge in [0.1, 0.15) is 17.0 Å². The zero-order valence-electron chi connectivity index (χ0n) is 20.2. The fraction of sp³-hybridized carbons (Fsp3) is 0.400. The highest BCUT2D eigenvalue weighted by atomic mass is 16.2. The molecule has 1 saturated carbocycles. The third-order valence-electron chi connectivity index (χ3n) is 7.66. The first-order valence-electron chi connectivity index (χ1n) is 12.1. The molecule has 3 aromatic rings. The predicted molar refractivity (Wildman–Crippen MR) is 135 cm³/mol. The SMILES string of the molecule is CC(C)c1ccc(CN2CC3(Cc4c2ccc2ccccc42)C(=O)CC(C)(C)CC3=O)cc1. The number of fused-ring (bicyclic) bond motifs is 3. The lowest BCUT2D eigenvalue weighted by Gasteiger charge is -2.47. The molecule has 3 aromatic carbocycles. The normalized spacial score (nSPS) is 19.4. The van der Waals surface area contributed by atoms with Gasteiger partial charge < -0.3 is 4.90 Å². The molecule has 0 aromatic heterocycles. The van der Waals surface area contributed by atoms with Crippen LogP contribution in [0.15, 0.2) is 60.7 Å². The number of benzene rings is 3. The second-order valence-corrected chi connectivity index (χ2v) is 11.2. The smallest absolute Gasteiger partial charge is 0.149 e. The van der Waals surface area contributed by atoms with Crippen LogP contribution in [0.4, 0.5) is 5.69 Å². The van der Waals surface area contributed by atoms with E-state index in [1.807, 2.05) is 26.0 Å². The van der Waals surface area contributed by atoms with Crippen LogP contribution >= 0.6 is 0 Å². The predicted octanol–water partition coefficient (Wildman–Crippen LogP) is 6.47. The molecular weight excluding hydrogens is 406 g/mol. The Bertz CT molecular complexity index is 1220. The van der Waals surface area contributed by atoms with Crippen molar-refractivity contribution in [3.63, 3.8) is 0 Å². The summed E-state index contributed by atoms with van der Waals surface area (Å²) in [7, 11) is 0. The van der Waals surface area contributed by atoms with Crippen LogP contribution < -0.4 is 4.90 Å². The molecule has 1 fully saturated rings. The molecule has 0 bridgehead atoms. The van der Waals surface area contributed by atoms with Gasteiger partial charge in [0, 0.05) is 31.6 Å². The highest BCUT2D eigenvalue weighted by molar-refractivity contribution is 6.11. The van der Waals surface area contributed by atoms with E-state index in [4.69, 9.17) is 0 Å². The van der Waals surface area contributed by atoms with Crippen LogP contribution in [0, 0.1) is 10.8 Å². The molecular formula is C30H33NO2. The van der Waals surface area contributed by atoms with Gasteiger partial charge in [0.2, 0.25) is 0 Å². The van der Waals surface area contributed by atoms with Crippen molar-refractivity contribution in [1.82, 2.24) is 0 Å². The van der Waals surface area contributed by atoms with Gasteiger partial charge in [0.25, 0.3) is 0 Å². The van der Waals surface area contributed by atoms with Crippen molar-refractivity contribution in [3.05, 3.63) is 77.4 Å². The summed E-state index contributed by atoms with van der Waals surface area (Å²) in [5.41, 5.74) is 3.62. The molecule has 5 rings (SSSR count). The Morgan fingerprint density at radius 2 is 1.52 bits per heavy atom. The molecule has 0 saturated heterocycles. The van der Waals surface area contributed by atoms with Crippen molar-refractivity contribution < 1.29 is 9.59 Å². The topological polar surface area (TPSA) is 37.4 Å². The molecule has 33 heavy (non-hydrogen) atoms. The van der Waals surface area contributed by atoms with Gasteiger partial charge in [0.05, 0.1) is 0 Å². The molecule has 2 aliphatic rings. The number of anilines is 1. The van der Waals surface area contributed by atoms with Crippen LogP contribution in [-0.2, 0) is 22.6 Å². The first-order chi connectivity index (χ1) is 15.7. The molecule has 3 heteroatoms. The standard InChI is InChI=1S/C30H33NO2/c1-20(2)22-11-9-21(10-12-22)18-31-19-30(27(32)16-29(3,4)17-28(30)33)15-25-24-8-6-5-7-23(24)13-14-26(25)31/h5-14,20H,15-19H2,1-4H3. The molecule has 1 aliphatic heterocycles. The summed E-state index contributed by atoms with van der Waals surface area (Å²) in [4.78, 5) is 29.5. The Hall–Kier alpha value is -2.94. The number of hydrogen-bond acceptors (Lipinski definition) is 3. The average Bonchev–Trinajstić information content (AvgIpc) is 2.77. The van der Waals surface area contributed by atoms with Crippen molar-refractivity contribution in [2.75, 3.05) is 11.4 Å². The molecule has 0 unspecified atom stereocenters. The van der Waals surface area contributed by atoms with Crippen LogP contribution in [-0.4, -0.2) is 18.1 Å². The zero-order valence-corrected chi connectivity index (χ0v) is 20.2. The first kappa shape index (κ1) is 21.9. The molecule has 0 atom stereocenters. The molecule has 1 heterocycles. The molecule has 0 amide bonds. The number of ketones is 2. The summed E-state index contributed by atoms with van der Waals surface area (Å²) in [6.45, 7) is 9.64. The number of carbonyl (C=O) groups is 2. The maximum Gasteiger partial charge on any atom is 0.149 e. The Kier molecular flexibility index (Phi) is 5.19. The zero-order chi connectivity index (χ0) is 23.4. The van der Waals surface area contributed by atoms with Gasteiger partial charge in [-0.15, -0.1) is 0 Å². The van der Waals surface area contributed by atoms with Gasteiger partial charge in [-0.05, 0) is 51.3 Å². The highest BCUT2D eigenvalue weighted by Gasteiger charge is 2.54. The lowest BCUT2D eigenvalue weighted by Crippen LogP contribution is -2.57. The summed E-state index contributed by atoms with van der Waals surface area (Å²) < 4.78 is 0. The number of carbonyl (C=O) groups excluding carboxylic acids is 2. The Labute approximate surface area is 196 Å². The Balaban J connectivity index is 1.61. The monoisotopic (exact) mass is 439 g/mol. The molecule has 3 nitrogen and oxygen atoms in total. The van der Waals surface area contributed by atoms with Crippen molar-refractivity contribution in [1.29, 1.82) is 0 Å². The van der Waals surface area contributed by atoms with E-state index >= 15 is 0 Å². The third kappa shape index (κ3) is 3.78. The van der Waals surface area contributed by atoms with E-state index in [1.165, 1.54) is 11.1 Å². The second-order valence-electron chi connectivity index (χ2n) is 11.2. The molecule has 0 N–H and O–H groups in total. The Morgan fingerprint density at radius 3 is 2.18 bits per heavy atom. The van der Waals surface area contributed by atoms with Crippen LogP contribution in [0.2, 0.25) is 0 Å². The number of hydrogen-bond donors (Lipinski definition) is 0. The first-order valence-corrected chi connectivity index (χ1v) is 12.1. The molecule has 0 radical (unpaired) electrons. The summed E-state index contributed by atoms with van der Waals surface area (Å²) in [6, 6.07) is 21.4. The van der Waals surface area contributed by atoms with Gasteiger partial charge in [-0.25, -0.2) is 0 Å². The fourth-order valence-corrected chi connectivity index (χ4v) is 5.74.